The zero-order chi connectivity index (χ0) is 11.6. The van der Waals surface area contributed by atoms with Crippen molar-refractivity contribution in [3.8, 4) is 0 Å². The van der Waals surface area contributed by atoms with Crippen molar-refractivity contribution in [2.45, 2.75) is 37.5 Å². The summed E-state index contributed by atoms with van der Waals surface area (Å²) in [5.74, 6) is -0.854. The Labute approximate surface area is 93.1 Å². The first-order valence-electron chi connectivity index (χ1n) is 4.55. The van der Waals surface area contributed by atoms with E-state index in [0.29, 0.717) is 5.03 Å². The molecule has 0 amide bonds. The van der Waals surface area contributed by atoms with Gasteiger partial charge in [-0.3, -0.25) is 9.78 Å². The second-order valence-electron chi connectivity index (χ2n) is 3.80. The van der Waals surface area contributed by atoms with Gasteiger partial charge in [0.25, 0.3) is 0 Å². The van der Waals surface area contributed by atoms with E-state index in [0.717, 1.165) is 11.4 Å². The van der Waals surface area contributed by atoms with Crippen LogP contribution in [0.1, 0.15) is 25.2 Å². The lowest BCUT2D eigenvalue weighted by atomic mass is 10.2. The zero-order valence-electron chi connectivity index (χ0n) is 9.24. The lowest BCUT2D eigenvalue weighted by molar-refractivity contribution is -0.138. The summed E-state index contributed by atoms with van der Waals surface area (Å²) in [5.41, 5.74) is 1.70. The van der Waals surface area contributed by atoms with E-state index in [1.165, 1.54) is 11.8 Å². The molecule has 4 nitrogen and oxygen atoms in total. The Hall–Kier alpha value is -1.10. The Morgan fingerprint density at radius 2 is 2.00 bits per heavy atom. The molecule has 82 valence electrons. The Kier molecular flexibility index (Phi) is 3.34. The molecule has 0 aliphatic heterocycles. The molecule has 0 aliphatic rings. The first kappa shape index (κ1) is 12.0. The highest BCUT2D eigenvalue weighted by Crippen LogP contribution is 2.31. The number of aliphatic carboxylic acids is 1. The van der Waals surface area contributed by atoms with Gasteiger partial charge < -0.3 is 5.11 Å². The van der Waals surface area contributed by atoms with Gasteiger partial charge in [0.2, 0.25) is 0 Å². The Bertz CT molecular complexity index is 391. The van der Waals surface area contributed by atoms with Crippen molar-refractivity contribution in [2.75, 3.05) is 0 Å². The van der Waals surface area contributed by atoms with Crippen LogP contribution in [0.15, 0.2) is 11.2 Å². The van der Waals surface area contributed by atoms with Gasteiger partial charge in [-0.05, 0) is 27.7 Å². The van der Waals surface area contributed by atoms with Crippen LogP contribution in [0.5, 0.6) is 0 Å². The fourth-order valence-corrected chi connectivity index (χ4v) is 1.77. The van der Waals surface area contributed by atoms with Crippen LogP contribution in [0.3, 0.4) is 0 Å². The van der Waals surface area contributed by atoms with Crippen LogP contribution >= 0.6 is 11.8 Å². The summed E-state index contributed by atoms with van der Waals surface area (Å²) in [6.45, 7) is 7.03. The van der Waals surface area contributed by atoms with Crippen molar-refractivity contribution < 1.29 is 9.90 Å². The summed E-state index contributed by atoms with van der Waals surface area (Å²) < 4.78 is -0.879. The Morgan fingerprint density at radius 1 is 1.40 bits per heavy atom. The number of aromatic nitrogens is 2. The molecule has 0 atom stereocenters. The van der Waals surface area contributed by atoms with E-state index in [9.17, 15) is 4.79 Å². The summed E-state index contributed by atoms with van der Waals surface area (Å²) in [6.07, 6.45) is 1.61. The third kappa shape index (κ3) is 2.92. The Morgan fingerprint density at radius 3 is 2.47 bits per heavy atom. The quantitative estimate of drug-likeness (QED) is 0.799. The first-order chi connectivity index (χ1) is 6.83. The third-order valence-electron chi connectivity index (χ3n) is 2.04. The van der Waals surface area contributed by atoms with Gasteiger partial charge in [0.05, 0.1) is 17.6 Å². The maximum Gasteiger partial charge on any atom is 0.319 e. The highest BCUT2D eigenvalue weighted by atomic mass is 32.2. The van der Waals surface area contributed by atoms with Crippen LogP contribution in [0.2, 0.25) is 0 Å². The number of aryl methyl sites for hydroxylation is 2. The summed E-state index contributed by atoms with van der Waals surface area (Å²) in [4.78, 5) is 19.3. The topological polar surface area (TPSA) is 63.1 Å². The van der Waals surface area contributed by atoms with Crippen LogP contribution in [-0.2, 0) is 4.79 Å². The van der Waals surface area contributed by atoms with Crippen LogP contribution in [0.4, 0.5) is 0 Å². The molecule has 1 aromatic heterocycles. The fraction of sp³-hybridized carbons (Fsp3) is 0.500. The standard InChI is InChI=1S/C10H14N2O2S/c1-6-7(2)12-8(5-11-6)15-10(3,4)9(13)14/h5H,1-4H3,(H,13,14). The van der Waals surface area contributed by atoms with Gasteiger partial charge in [-0.1, -0.05) is 11.8 Å². The van der Waals surface area contributed by atoms with Crippen molar-refractivity contribution >= 4 is 17.7 Å². The summed E-state index contributed by atoms with van der Waals surface area (Å²) >= 11 is 1.20. The monoisotopic (exact) mass is 226 g/mol. The molecular weight excluding hydrogens is 212 g/mol. The van der Waals surface area contributed by atoms with Crippen molar-refractivity contribution in [3.05, 3.63) is 17.6 Å². The molecule has 0 aliphatic carbocycles. The van der Waals surface area contributed by atoms with Gasteiger partial charge in [-0.15, -0.1) is 0 Å². The highest BCUT2D eigenvalue weighted by Gasteiger charge is 2.29. The van der Waals surface area contributed by atoms with Crippen molar-refractivity contribution in [1.82, 2.24) is 9.97 Å². The number of carboxylic acid groups (broad SMARTS) is 1. The van der Waals surface area contributed by atoms with Crippen LogP contribution in [-0.4, -0.2) is 25.8 Å². The molecule has 1 heterocycles. The van der Waals surface area contributed by atoms with Gasteiger partial charge in [-0.2, -0.15) is 0 Å². The van der Waals surface area contributed by atoms with Gasteiger partial charge in [-0.25, -0.2) is 4.98 Å². The van der Waals surface area contributed by atoms with E-state index in [1.54, 1.807) is 20.0 Å². The van der Waals surface area contributed by atoms with Crippen LogP contribution in [0.25, 0.3) is 0 Å². The zero-order valence-corrected chi connectivity index (χ0v) is 10.1. The molecule has 15 heavy (non-hydrogen) atoms. The minimum absolute atomic E-state index is 0.644. The maximum atomic E-state index is 10.9. The predicted octanol–water partition coefficient (Wildman–Crippen LogP) is 2.05. The number of hydrogen-bond donors (Lipinski definition) is 1. The SMILES string of the molecule is Cc1ncc(SC(C)(C)C(=O)O)nc1C. The average Bonchev–Trinajstić information content (AvgIpc) is 2.10. The number of nitrogens with zero attached hydrogens (tertiary/aromatic N) is 2. The number of thioether (sulfide) groups is 1. The normalized spacial score (nSPS) is 11.5. The number of rotatable bonds is 3. The molecule has 1 rings (SSSR count). The number of hydrogen-bond acceptors (Lipinski definition) is 4. The largest absolute Gasteiger partial charge is 0.480 e. The van der Waals surface area contributed by atoms with E-state index in [2.05, 4.69) is 9.97 Å². The molecule has 1 aromatic rings. The molecule has 0 saturated carbocycles. The lowest BCUT2D eigenvalue weighted by Gasteiger charge is -2.17. The second kappa shape index (κ2) is 4.18. The molecule has 0 spiro atoms. The molecule has 1 N–H and O–H groups in total. The predicted molar refractivity (Wildman–Crippen MR) is 59.1 cm³/mol. The molecule has 5 heteroatoms. The van der Waals surface area contributed by atoms with Crippen molar-refractivity contribution in [2.24, 2.45) is 0 Å². The number of carboxylic acids is 1. The second-order valence-corrected chi connectivity index (χ2v) is 5.44. The summed E-state index contributed by atoms with van der Waals surface area (Å²) in [7, 11) is 0. The fourth-order valence-electron chi connectivity index (χ4n) is 0.875. The molecular formula is C10H14N2O2S. The molecule has 0 saturated heterocycles. The van der Waals surface area contributed by atoms with Crippen LogP contribution in [0, 0.1) is 13.8 Å². The Balaban J connectivity index is 2.91. The minimum Gasteiger partial charge on any atom is -0.480 e. The molecule has 0 radical (unpaired) electrons. The van der Waals surface area contributed by atoms with Crippen LogP contribution < -0.4 is 0 Å². The van der Waals surface area contributed by atoms with E-state index in [4.69, 9.17) is 5.11 Å². The van der Waals surface area contributed by atoms with Gasteiger partial charge in [0, 0.05) is 0 Å². The smallest absolute Gasteiger partial charge is 0.319 e. The van der Waals surface area contributed by atoms with E-state index in [1.807, 2.05) is 13.8 Å². The van der Waals surface area contributed by atoms with Gasteiger partial charge in [0.15, 0.2) is 0 Å². The first-order valence-corrected chi connectivity index (χ1v) is 5.37. The highest BCUT2D eigenvalue weighted by molar-refractivity contribution is 8.01. The van der Waals surface area contributed by atoms with Gasteiger partial charge in [0.1, 0.15) is 9.77 Å². The third-order valence-corrected chi connectivity index (χ3v) is 3.14. The molecule has 0 bridgehead atoms. The average molecular weight is 226 g/mol. The van der Waals surface area contributed by atoms with E-state index in [-0.39, 0.29) is 0 Å². The van der Waals surface area contributed by atoms with Crippen molar-refractivity contribution in [3.63, 3.8) is 0 Å². The van der Waals surface area contributed by atoms with E-state index >= 15 is 0 Å². The van der Waals surface area contributed by atoms with Gasteiger partial charge >= 0.3 is 5.97 Å². The molecule has 0 unspecified atom stereocenters. The minimum atomic E-state index is -0.879. The molecule has 0 aromatic carbocycles. The molecule has 0 fully saturated rings. The maximum absolute atomic E-state index is 10.9. The summed E-state index contributed by atoms with van der Waals surface area (Å²) in [6, 6.07) is 0. The summed E-state index contributed by atoms with van der Waals surface area (Å²) in [5, 5.41) is 9.60. The van der Waals surface area contributed by atoms with E-state index < -0.39 is 10.7 Å². The lowest BCUT2D eigenvalue weighted by Crippen LogP contribution is -2.27. The van der Waals surface area contributed by atoms with Crippen molar-refractivity contribution in [1.29, 1.82) is 0 Å². The number of carbonyl (C=O) groups is 1.